The fraction of sp³-hybridized carbons (Fsp3) is 0.217. The first-order chi connectivity index (χ1) is 14.3. The van der Waals surface area contributed by atoms with Crippen LogP contribution in [0.15, 0.2) is 66.9 Å². The molecule has 7 heteroatoms. The van der Waals surface area contributed by atoms with E-state index in [-0.39, 0.29) is 11.9 Å². The van der Waals surface area contributed by atoms with Crippen LogP contribution in [-0.2, 0) is 12.7 Å². The lowest BCUT2D eigenvalue weighted by molar-refractivity contribution is -0.137. The van der Waals surface area contributed by atoms with Crippen molar-refractivity contribution in [2.75, 3.05) is 6.61 Å². The minimum absolute atomic E-state index is 0.165. The van der Waals surface area contributed by atoms with Gasteiger partial charge in [0.25, 0.3) is 5.91 Å². The second-order valence-electron chi connectivity index (χ2n) is 7.20. The molecule has 4 rings (SSSR count). The minimum Gasteiger partial charge on any atom is -0.491 e. The maximum Gasteiger partial charge on any atom is 0.416 e. The van der Waals surface area contributed by atoms with Crippen LogP contribution >= 0.6 is 0 Å². The lowest BCUT2D eigenvalue weighted by Crippen LogP contribution is -2.39. The lowest BCUT2D eigenvalue weighted by Gasteiger charge is -2.26. The fourth-order valence-electron chi connectivity index (χ4n) is 3.40. The van der Waals surface area contributed by atoms with Crippen molar-refractivity contribution in [1.82, 2.24) is 9.88 Å². The molecule has 1 aliphatic heterocycles. The zero-order valence-electron chi connectivity index (χ0n) is 16.2. The number of alkyl halides is 3. The van der Waals surface area contributed by atoms with E-state index in [1.807, 2.05) is 25.1 Å². The summed E-state index contributed by atoms with van der Waals surface area (Å²) in [5.74, 6) is 0.264. The summed E-state index contributed by atoms with van der Waals surface area (Å²) >= 11 is 0. The summed E-state index contributed by atoms with van der Waals surface area (Å²) in [5, 5.41) is 0. The number of carbonyl (C=O) groups is 1. The maximum absolute atomic E-state index is 13.3. The first-order valence-corrected chi connectivity index (χ1v) is 9.48. The van der Waals surface area contributed by atoms with Crippen LogP contribution in [0.4, 0.5) is 13.2 Å². The van der Waals surface area contributed by atoms with Crippen molar-refractivity contribution in [3.8, 4) is 16.9 Å². The summed E-state index contributed by atoms with van der Waals surface area (Å²) in [7, 11) is 0. The normalized spacial score (nSPS) is 16.6. The van der Waals surface area contributed by atoms with Crippen LogP contribution in [0, 0.1) is 0 Å². The van der Waals surface area contributed by atoms with E-state index in [1.54, 1.807) is 29.3 Å². The molecule has 1 aliphatic rings. The topological polar surface area (TPSA) is 42.4 Å². The zero-order chi connectivity index (χ0) is 21.3. The number of carbonyl (C=O) groups excluding carboxylic acids is 1. The van der Waals surface area contributed by atoms with Gasteiger partial charge in [-0.15, -0.1) is 0 Å². The van der Waals surface area contributed by atoms with E-state index in [4.69, 9.17) is 4.74 Å². The molecule has 2 aromatic carbocycles. The summed E-state index contributed by atoms with van der Waals surface area (Å²) in [5.41, 5.74) is 1.67. The summed E-state index contributed by atoms with van der Waals surface area (Å²) in [4.78, 5) is 19.3. The molecule has 0 saturated carbocycles. The standard InChI is InChI=1S/C23H19F3N2O2/c1-15-14-30-21-10-7-17(16-5-8-18(9-6-16)23(24,25)26)12-20(21)22(29)28(15)13-19-4-2-3-11-27-19/h2-12,15H,13-14H2,1H3/t15-/m1/s1. The molecule has 2 heterocycles. The number of rotatable bonds is 3. The first kappa shape index (κ1) is 19.9. The van der Waals surface area contributed by atoms with Crippen LogP contribution in [0.25, 0.3) is 11.1 Å². The number of ether oxygens (including phenoxy) is 1. The van der Waals surface area contributed by atoms with Crippen LogP contribution in [0.2, 0.25) is 0 Å². The predicted octanol–water partition coefficient (Wildman–Crippen LogP) is 5.19. The number of nitrogens with zero attached hydrogens (tertiary/aromatic N) is 2. The molecule has 0 aliphatic carbocycles. The smallest absolute Gasteiger partial charge is 0.416 e. The summed E-state index contributed by atoms with van der Waals surface area (Å²) < 4.78 is 44.3. The van der Waals surface area contributed by atoms with E-state index in [0.717, 1.165) is 17.8 Å². The molecule has 1 aromatic heterocycles. The van der Waals surface area contributed by atoms with Gasteiger partial charge in [-0.05, 0) is 54.4 Å². The van der Waals surface area contributed by atoms with Crippen molar-refractivity contribution in [2.45, 2.75) is 25.7 Å². The van der Waals surface area contributed by atoms with Crippen molar-refractivity contribution in [2.24, 2.45) is 0 Å². The Bertz CT molecular complexity index is 1050. The highest BCUT2D eigenvalue weighted by molar-refractivity contribution is 5.98. The average Bonchev–Trinajstić information content (AvgIpc) is 2.86. The van der Waals surface area contributed by atoms with E-state index in [0.29, 0.717) is 35.6 Å². The fourth-order valence-corrected chi connectivity index (χ4v) is 3.40. The number of pyridine rings is 1. The number of halogens is 3. The number of fused-ring (bicyclic) bond motifs is 1. The Kier molecular flexibility index (Phi) is 5.20. The molecule has 4 nitrogen and oxygen atoms in total. The van der Waals surface area contributed by atoms with Crippen LogP contribution in [0.1, 0.15) is 28.5 Å². The Morgan fingerprint density at radius 1 is 1.07 bits per heavy atom. The Labute approximate surface area is 171 Å². The average molecular weight is 412 g/mol. The van der Waals surface area contributed by atoms with Gasteiger partial charge in [0.15, 0.2) is 0 Å². The number of benzene rings is 2. The first-order valence-electron chi connectivity index (χ1n) is 9.48. The zero-order valence-corrected chi connectivity index (χ0v) is 16.2. The van der Waals surface area contributed by atoms with Crippen LogP contribution < -0.4 is 4.74 Å². The van der Waals surface area contributed by atoms with Crippen molar-refractivity contribution < 1.29 is 22.7 Å². The van der Waals surface area contributed by atoms with E-state index >= 15 is 0 Å². The Balaban J connectivity index is 1.66. The van der Waals surface area contributed by atoms with Gasteiger partial charge in [-0.25, -0.2) is 0 Å². The molecular weight excluding hydrogens is 393 g/mol. The molecular formula is C23H19F3N2O2. The van der Waals surface area contributed by atoms with Crippen molar-refractivity contribution >= 4 is 5.91 Å². The summed E-state index contributed by atoms with van der Waals surface area (Å²) in [6.07, 6.45) is -2.71. The number of hydrogen-bond acceptors (Lipinski definition) is 3. The van der Waals surface area contributed by atoms with Gasteiger partial charge in [-0.3, -0.25) is 9.78 Å². The molecule has 0 spiro atoms. The van der Waals surface area contributed by atoms with Gasteiger partial charge >= 0.3 is 6.18 Å². The van der Waals surface area contributed by atoms with Crippen LogP contribution in [0.5, 0.6) is 5.75 Å². The molecule has 0 unspecified atom stereocenters. The van der Waals surface area contributed by atoms with Gasteiger partial charge in [0.1, 0.15) is 12.4 Å². The number of aromatic nitrogens is 1. The molecule has 154 valence electrons. The van der Waals surface area contributed by atoms with E-state index < -0.39 is 11.7 Å². The highest BCUT2D eigenvalue weighted by Crippen LogP contribution is 2.33. The summed E-state index contributed by atoms with van der Waals surface area (Å²) in [6.45, 7) is 2.59. The quantitative estimate of drug-likeness (QED) is 0.595. The highest BCUT2D eigenvalue weighted by Gasteiger charge is 2.31. The van der Waals surface area contributed by atoms with E-state index in [1.165, 1.54) is 12.1 Å². The summed E-state index contributed by atoms with van der Waals surface area (Å²) in [6, 6.07) is 15.3. The molecule has 1 amide bonds. The minimum atomic E-state index is -4.39. The molecule has 0 saturated heterocycles. The Morgan fingerprint density at radius 2 is 1.80 bits per heavy atom. The van der Waals surface area contributed by atoms with E-state index in [9.17, 15) is 18.0 Å². The largest absolute Gasteiger partial charge is 0.491 e. The predicted molar refractivity (Wildman–Crippen MR) is 106 cm³/mol. The SMILES string of the molecule is C[C@@H]1COc2ccc(-c3ccc(C(F)(F)F)cc3)cc2C(=O)N1Cc1ccccn1. The third kappa shape index (κ3) is 4.01. The van der Waals surface area contributed by atoms with Crippen molar-refractivity contribution in [1.29, 1.82) is 0 Å². The lowest BCUT2D eigenvalue weighted by atomic mass is 10.0. The van der Waals surface area contributed by atoms with Crippen molar-refractivity contribution in [3.05, 3.63) is 83.7 Å². The van der Waals surface area contributed by atoms with Gasteiger partial charge in [0, 0.05) is 6.20 Å². The second-order valence-corrected chi connectivity index (χ2v) is 7.20. The third-order valence-electron chi connectivity index (χ3n) is 5.09. The van der Waals surface area contributed by atoms with Gasteiger partial charge in [-0.1, -0.05) is 24.3 Å². The molecule has 0 N–H and O–H groups in total. The van der Waals surface area contributed by atoms with Gasteiger partial charge in [0.2, 0.25) is 0 Å². The molecule has 0 radical (unpaired) electrons. The highest BCUT2D eigenvalue weighted by atomic mass is 19.4. The number of hydrogen-bond donors (Lipinski definition) is 0. The van der Waals surface area contributed by atoms with E-state index in [2.05, 4.69) is 4.98 Å². The molecule has 0 fully saturated rings. The molecule has 30 heavy (non-hydrogen) atoms. The Morgan fingerprint density at radius 3 is 2.47 bits per heavy atom. The van der Waals surface area contributed by atoms with Gasteiger partial charge in [0.05, 0.1) is 29.4 Å². The van der Waals surface area contributed by atoms with Crippen molar-refractivity contribution in [3.63, 3.8) is 0 Å². The maximum atomic E-state index is 13.3. The number of amides is 1. The van der Waals surface area contributed by atoms with Gasteiger partial charge in [-0.2, -0.15) is 13.2 Å². The molecule has 3 aromatic rings. The third-order valence-corrected chi connectivity index (χ3v) is 5.09. The monoisotopic (exact) mass is 412 g/mol. The molecule has 1 atom stereocenters. The van der Waals surface area contributed by atoms with Crippen LogP contribution in [0.3, 0.4) is 0 Å². The second kappa shape index (κ2) is 7.82. The van der Waals surface area contributed by atoms with Gasteiger partial charge < -0.3 is 9.64 Å². The Hall–Kier alpha value is -3.35. The van der Waals surface area contributed by atoms with Crippen LogP contribution in [-0.4, -0.2) is 28.4 Å². The molecule has 0 bridgehead atoms.